The average molecular weight is 266 g/mol. The summed E-state index contributed by atoms with van der Waals surface area (Å²) in [5.41, 5.74) is 0.380. The van der Waals surface area contributed by atoms with Crippen LogP contribution in [0, 0.1) is 17.2 Å². The van der Waals surface area contributed by atoms with E-state index in [-0.39, 0.29) is 11.9 Å². The van der Waals surface area contributed by atoms with Gasteiger partial charge in [-0.1, -0.05) is 11.6 Å². The summed E-state index contributed by atoms with van der Waals surface area (Å²) in [4.78, 5) is 11.6. The van der Waals surface area contributed by atoms with Crippen molar-refractivity contribution in [3.8, 4) is 11.8 Å². The number of esters is 1. The minimum absolute atomic E-state index is 0.215. The largest absolute Gasteiger partial charge is 0.478 e. The van der Waals surface area contributed by atoms with E-state index in [9.17, 15) is 4.79 Å². The number of methoxy groups -OCH3 is 1. The van der Waals surface area contributed by atoms with Crippen LogP contribution in [0.25, 0.3) is 0 Å². The maximum Gasteiger partial charge on any atom is 0.347 e. The lowest BCUT2D eigenvalue weighted by Gasteiger charge is -2.16. The molecule has 1 aliphatic carbocycles. The molecule has 0 amide bonds. The Hall–Kier alpha value is -1.73. The monoisotopic (exact) mass is 265 g/mol. The molecule has 4 nitrogen and oxygen atoms in total. The number of hydrogen-bond acceptors (Lipinski definition) is 4. The Bertz CT molecular complexity index is 505. The van der Waals surface area contributed by atoms with Crippen molar-refractivity contribution in [2.45, 2.75) is 18.9 Å². The smallest absolute Gasteiger partial charge is 0.347 e. The van der Waals surface area contributed by atoms with Gasteiger partial charge in [-0.05, 0) is 25.0 Å². The SMILES string of the molecule is COC(=O)C(Oc1ccc(C#N)c(Cl)c1)C1CC1. The fourth-order valence-corrected chi connectivity index (χ4v) is 1.87. The summed E-state index contributed by atoms with van der Waals surface area (Å²) in [6.45, 7) is 0. The van der Waals surface area contributed by atoms with Crippen LogP contribution in [0.4, 0.5) is 0 Å². The maximum atomic E-state index is 11.6. The third kappa shape index (κ3) is 2.74. The van der Waals surface area contributed by atoms with Gasteiger partial charge in [0.1, 0.15) is 11.8 Å². The van der Waals surface area contributed by atoms with E-state index in [0.717, 1.165) is 12.8 Å². The molecule has 1 unspecified atom stereocenters. The van der Waals surface area contributed by atoms with Crippen LogP contribution >= 0.6 is 11.6 Å². The van der Waals surface area contributed by atoms with Gasteiger partial charge in [0.15, 0.2) is 6.10 Å². The van der Waals surface area contributed by atoms with Gasteiger partial charge in [-0.15, -0.1) is 0 Å². The van der Waals surface area contributed by atoms with Gasteiger partial charge in [0.05, 0.1) is 17.7 Å². The molecule has 1 aromatic carbocycles. The van der Waals surface area contributed by atoms with Crippen molar-refractivity contribution in [2.24, 2.45) is 5.92 Å². The van der Waals surface area contributed by atoms with Gasteiger partial charge < -0.3 is 9.47 Å². The molecular weight excluding hydrogens is 254 g/mol. The highest BCUT2D eigenvalue weighted by Gasteiger charge is 2.39. The van der Waals surface area contributed by atoms with E-state index in [0.29, 0.717) is 16.3 Å². The third-order valence-electron chi connectivity index (χ3n) is 2.81. The van der Waals surface area contributed by atoms with Crippen LogP contribution in [0.1, 0.15) is 18.4 Å². The van der Waals surface area contributed by atoms with Crippen molar-refractivity contribution < 1.29 is 14.3 Å². The summed E-state index contributed by atoms with van der Waals surface area (Å²) in [5.74, 6) is 0.311. The lowest BCUT2D eigenvalue weighted by molar-refractivity contribution is -0.149. The summed E-state index contributed by atoms with van der Waals surface area (Å²) < 4.78 is 10.3. The van der Waals surface area contributed by atoms with Gasteiger partial charge in [-0.25, -0.2) is 4.79 Å². The summed E-state index contributed by atoms with van der Waals surface area (Å²) in [5, 5.41) is 9.08. The predicted molar refractivity (Wildman–Crippen MR) is 65.3 cm³/mol. The molecule has 0 aliphatic heterocycles. The number of nitrogens with zero attached hydrogens (tertiary/aromatic N) is 1. The molecule has 0 spiro atoms. The highest BCUT2D eigenvalue weighted by molar-refractivity contribution is 6.31. The quantitative estimate of drug-likeness (QED) is 0.785. The van der Waals surface area contributed by atoms with E-state index in [1.807, 2.05) is 6.07 Å². The molecule has 0 radical (unpaired) electrons. The molecule has 0 N–H and O–H groups in total. The molecule has 1 aliphatic rings. The minimum Gasteiger partial charge on any atom is -0.478 e. The van der Waals surface area contributed by atoms with Gasteiger partial charge in [-0.2, -0.15) is 5.26 Å². The van der Waals surface area contributed by atoms with E-state index in [2.05, 4.69) is 0 Å². The molecule has 0 bridgehead atoms. The van der Waals surface area contributed by atoms with Crippen LogP contribution in [0.3, 0.4) is 0 Å². The van der Waals surface area contributed by atoms with Crippen LogP contribution in [0.5, 0.6) is 5.75 Å². The Labute approximate surface area is 110 Å². The molecule has 1 saturated carbocycles. The molecule has 1 fully saturated rings. The Balaban J connectivity index is 2.14. The third-order valence-corrected chi connectivity index (χ3v) is 3.12. The Morgan fingerprint density at radius 2 is 2.28 bits per heavy atom. The van der Waals surface area contributed by atoms with Crippen molar-refractivity contribution in [1.82, 2.24) is 0 Å². The molecule has 0 saturated heterocycles. The van der Waals surface area contributed by atoms with Crippen molar-refractivity contribution in [1.29, 1.82) is 5.26 Å². The second-order valence-corrected chi connectivity index (χ2v) is 4.56. The van der Waals surface area contributed by atoms with E-state index >= 15 is 0 Å². The summed E-state index contributed by atoms with van der Waals surface area (Å²) >= 11 is 5.90. The molecule has 94 valence electrons. The van der Waals surface area contributed by atoms with Crippen molar-refractivity contribution in [3.05, 3.63) is 28.8 Å². The van der Waals surface area contributed by atoms with Crippen molar-refractivity contribution in [2.75, 3.05) is 7.11 Å². The Kier molecular flexibility index (Phi) is 3.73. The molecule has 1 aromatic rings. The first kappa shape index (κ1) is 12.7. The predicted octanol–water partition coefficient (Wildman–Crippen LogP) is 2.54. The van der Waals surface area contributed by atoms with Gasteiger partial charge in [0.25, 0.3) is 0 Å². The van der Waals surface area contributed by atoms with Gasteiger partial charge in [0, 0.05) is 12.0 Å². The van der Waals surface area contributed by atoms with Crippen molar-refractivity contribution in [3.63, 3.8) is 0 Å². The zero-order valence-electron chi connectivity index (χ0n) is 9.85. The Morgan fingerprint density at radius 1 is 1.56 bits per heavy atom. The molecular formula is C13H12ClNO3. The van der Waals surface area contributed by atoms with Crippen LogP contribution in [0.15, 0.2) is 18.2 Å². The second-order valence-electron chi connectivity index (χ2n) is 4.15. The van der Waals surface area contributed by atoms with Gasteiger partial charge in [-0.3, -0.25) is 0 Å². The second kappa shape index (κ2) is 5.28. The molecule has 0 heterocycles. The average Bonchev–Trinajstić information content (AvgIpc) is 3.19. The first-order chi connectivity index (χ1) is 8.65. The number of halogens is 1. The molecule has 5 heteroatoms. The number of rotatable bonds is 4. The van der Waals surface area contributed by atoms with Crippen LogP contribution in [-0.4, -0.2) is 19.2 Å². The van der Waals surface area contributed by atoms with Crippen LogP contribution < -0.4 is 4.74 Å². The zero-order chi connectivity index (χ0) is 13.1. The normalized spacial score (nSPS) is 15.6. The van der Waals surface area contributed by atoms with E-state index in [1.54, 1.807) is 18.2 Å². The number of carbonyl (C=O) groups excluding carboxylic acids is 1. The summed E-state index contributed by atoms with van der Waals surface area (Å²) in [6, 6.07) is 6.70. The van der Waals surface area contributed by atoms with Crippen LogP contribution in [-0.2, 0) is 9.53 Å². The Morgan fingerprint density at radius 3 is 2.78 bits per heavy atom. The fourth-order valence-electron chi connectivity index (χ4n) is 1.66. The maximum absolute atomic E-state index is 11.6. The van der Waals surface area contributed by atoms with Gasteiger partial charge >= 0.3 is 5.97 Å². The minimum atomic E-state index is -0.584. The molecule has 2 rings (SSSR count). The zero-order valence-corrected chi connectivity index (χ0v) is 10.6. The van der Waals surface area contributed by atoms with E-state index in [1.165, 1.54) is 7.11 Å². The molecule has 1 atom stereocenters. The standard InChI is InChI=1S/C13H12ClNO3/c1-17-13(16)12(8-2-3-8)18-10-5-4-9(7-15)11(14)6-10/h4-6,8,12H,2-3H2,1H3. The first-order valence-corrected chi connectivity index (χ1v) is 5.97. The number of nitriles is 1. The van der Waals surface area contributed by atoms with Gasteiger partial charge in [0.2, 0.25) is 0 Å². The highest BCUT2D eigenvalue weighted by atomic mass is 35.5. The fraction of sp³-hybridized carbons (Fsp3) is 0.385. The van der Waals surface area contributed by atoms with Crippen molar-refractivity contribution >= 4 is 17.6 Å². The molecule has 18 heavy (non-hydrogen) atoms. The number of carbonyl (C=O) groups is 1. The summed E-state index contributed by atoms with van der Waals surface area (Å²) in [7, 11) is 1.34. The lowest BCUT2D eigenvalue weighted by atomic mass is 10.2. The summed E-state index contributed by atoms with van der Waals surface area (Å²) in [6.07, 6.45) is 1.34. The van der Waals surface area contributed by atoms with E-state index in [4.69, 9.17) is 26.3 Å². The van der Waals surface area contributed by atoms with E-state index < -0.39 is 6.10 Å². The number of ether oxygens (including phenoxy) is 2. The topological polar surface area (TPSA) is 59.3 Å². The molecule has 0 aromatic heterocycles. The number of benzene rings is 1. The highest BCUT2D eigenvalue weighted by Crippen LogP contribution is 2.36. The lowest BCUT2D eigenvalue weighted by Crippen LogP contribution is -2.30. The number of hydrogen-bond donors (Lipinski definition) is 0. The first-order valence-electron chi connectivity index (χ1n) is 5.60. The van der Waals surface area contributed by atoms with Crippen LogP contribution in [0.2, 0.25) is 5.02 Å².